The molecule has 0 saturated heterocycles. The van der Waals surface area contributed by atoms with Gasteiger partial charge in [-0.15, -0.1) is 11.3 Å². The molecule has 4 aromatic carbocycles. The number of aromatic nitrogens is 1. The molecule has 222 valence electrons. The Morgan fingerprint density at radius 3 is 2.41 bits per heavy atom. The maximum absolute atomic E-state index is 12.8. The lowest BCUT2D eigenvalue weighted by Crippen LogP contribution is -2.21. The molecule has 10 heteroatoms. The molecule has 1 aromatic heterocycles. The first-order valence-corrected chi connectivity index (χ1v) is 15.4. The van der Waals surface area contributed by atoms with Crippen LogP contribution >= 0.6 is 27.3 Å². The van der Waals surface area contributed by atoms with E-state index in [-0.39, 0.29) is 18.4 Å². The molecule has 3 N–H and O–H groups in total. The van der Waals surface area contributed by atoms with Gasteiger partial charge in [-0.1, -0.05) is 51.8 Å². The van der Waals surface area contributed by atoms with Gasteiger partial charge in [0.2, 0.25) is 0 Å². The largest absolute Gasteiger partial charge is 0.483 e. The Balaban J connectivity index is 1.16. The van der Waals surface area contributed by atoms with E-state index in [2.05, 4.69) is 42.1 Å². The average molecular weight is 669 g/mol. The van der Waals surface area contributed by atoms with E-state index in [4.69, 9.17) is 4.74 Å². The van der Waals surface area contributed by atoms with Crippen molar-refractivity contribution in [1.82, 2.24) is 10.4 Å². The van der Waals surface area contributed by atoms with Crippen molar-refractivity contribution in [2.24, 2.45) is 5.10 Å². The minimum Gasteiger partial charge on any atom is -0.483 e. The third-order valence-corrected chi connectivity index (χ3v) is 7.99. The number of amides is 2. The molecule has 0 aliphatic carbocycles. The molecule has 8 nitrogen and oxygen atoms in total. The molecule has 0 fully saturated rings. The first kappa shape index (κ1) is 30.7. The van der Waals surface area contributed by atoms with Crippen LogP contribution in [0.25, 0.3) is 11.3 Å². The Labute approximate surface area is 268 Å². The monoisotopic (exact) mass is 667 g/mol. The van der Waals surface area contributed by atoms with Gasteiger partial charge >= 0.3 is 0 Å². The molecule has 1 heterocycles. The van der Waals surface area contributed by atoms with E-state index in [0.29, 0.717) is 22.6 Å². The number of ether oxygens (including phenoxy) is 1. The van der Waals surface area contributed by atoms with Crippen LogP contribution in [-0.4, -0.2) is 29.6 Å². The van der Waals surface area contributed by atoms with Gasteiger partial charge in [0.1, 0.15) is 5.75 Å². The number of hydrogen-bond donors (Lipinski definition) is 3. The van der Waals surface area contributed by atoms with E-state index in [1.807, 2.05) is 80.7 Å². The van der Waals surface area contributed by atoms with Crippen LogP contribution in [-0.2, 0) is 4.79 Å². The maximum Gasteiger partial charge on any atom is 0.271 e. The zero-order valence-corrected chi connectivity index (χ0v) is 26.8. The number of aryl methyl sites for hydroxylation is 3. The number of nitrogens with zero attached hydrogens (tertiary/aromatic N) is 2. The summed E-state index contributed by atoms with van der Waals surface area (Å²) < 4.78 is 6.57. The lowest BCUT2D eigenvalue weighted by molar-refractivity contribution is -0.118. The van der Waals surface area contributed by atoms with Crippen LogP contribution in [0.2, 0.25) is 0 Å². The SMILES string of the molecule is Cc1ccc(Nc2nc(-c3ccc(C(=O)N/N=C/c4cc(Br)ccc4OCC(=O)Nc4ccc(C)c(C)c4)cc3)cs2)cc1. The topological polar surface area (TPSA) is 105 Å². The minimum absolute atomic E-state index is 0.184. The molecule has 0 radical (unpaired) electrons. The molecule has 5 aromatic rings. The number of hydrazone groups is 1. The fourth-order valence-corrected chi connectivity index (χ4v) is 5.27. The van der Waals surface area contributed by atoms with Crippen molar-refractivity contribution in [2.45, 2.75) is 20.8 Å². The zero-order chi connectivity index (χ0) is 31.1. The van der Waals surface area contributed by atoms with Crippen molar-refractivity contribution >= 4 is 61.8 Å². The highest BCUT2D eigenvalue weighted by Gasteiger charge is 2.10. The Hall–Kier alpha value is -4.80. The quantitative estimate of drug-likeness (QED) is 0.103. The highest BCUT2D eigenvalue weighted by Crippen LogP contribution is 2.28. The van der Waals surface area contributed by atoms with Crippen molar-refractivity contribution in [3.63, 3.8) is 0 Å². The van der Waals surface area contributed by atoms with Gasteiger partial charge in [-0.05, 0) is 86.5 Å². The van der Waals surface area contributed by atoms with Crippen LogP contribution in [0.5, 0.6) is 5.75 Å². The Bertz CT molecular complexity index is 1820. The van der Waals surface area contributed by atoms with Gasteiger partial charge < -0.3 is 15.4 Å². The average Bonchev–Trinajstić information content (AvgIpc) is 3.48. The lowest BCUT2D eigenvalue weighted by Gasteiger charge is -2.11. The van der Waals surface area contributed by atoms with Crippen LogP contribution in [0.1, 0.15) is 32.6 Å². The van der Waals surface area contributed by atoms with Crippen LogP contribution in [0.4, 0.5) is 16.5 Å². The Kier molecular flexibility index (Phi) is 9.83. The standard InChI is InChI=1S/C34H30BrN5O3S/c1-21-4-12-28(13-5-21)38-34-39-30(20-44-34)24-7-9-25(10-8-24)33(42)40-36-18-26-17-27(35)11-15-31(26)43-19-32(41)37-29-14-6-22(2)23(3)16-29/h4-18,20H,19H2,1-3H3,(H,37,41)(H,38,39)(H,40,42)/b36-18+. The summed E-state index contributed by atoms with van der Waals surface area (Å²) in [5.41, 5.74) is 10.4. The van der Waals surface area contributed by atoms with Crippen molar-refractivity contribution in [3.8, 4) is 17.0 Å². The van der Waals surface area contributed by atoms with Gasteiger partial charge in [0.25, 0.3) is 11.8 Å². The highest BCUT2D eigenvalue weighted by molar-refractivity contribution is 9.10. The normalized spacial score (nSPS) is 10.9. The highest BCUT2D eigenvalue weighted by atomic mass is 79.9. The summed E-state index contributed by atoms with van der Waals surface area (Å²) in [4.78, 5) is 29.9. The van der Waals surface area contributed by atoms with E-state index in [0.717, 1.165) is 37.7 Å². The summed E-state index contributed by atoms with van der Waals surface area (Å²) in [6, 6.07) is 26.4. The molecular weight excluding hydrogens is 638 g/mol. The molecule has 0 saturated carbocycles. The second-order valence-corrected chi connectivity index (χ2v) is 11.9. The number of rotatable bonds is 10. The fourth-order valence-electron chi connectivity index (χ4n) is 4.15. The number of carbonyl (C=O) groups is 2. The minimum atomic E-state index is -0.363. The van der Waals surface area contributed by atoms with E-state index < -0.39 is 0 Å². The number of anilines is 3. The smallest absolute Gasteiger partial charge is 0.271 e. The van der Waals surface area contributed by atoms with Gasteiger partial charge in [0, 0.05) is 37.9 Å². The van der Waals surface area contributed by atoms with Gasteiger partial charge in [-0.3, -0.25) is 9.59 Å². The zero-order valence-electron chi connectivity index (χ0n) is 24.4. The summed E-state index contributed by atoms with van der Waals surface area (Å²) in [5, 5.41) is 13.0. The van der Waals surface area contributed by atoms with Crippen LogP contribution in [0.15, 0.2) is 99.9 Å². The van der Waals surface area contributed by atoms with E-state index >= 15 is 0 Å². The van der Waals surface area contributed by atoms with Crippen LogP contribution in [0, 0.1) is 20.8 Å². The number of halogens is 1. The van der Waals surface area contributed by atoms with Gasteiger partial charge in [0.15, 0.2) is 11.7 Å². The van der Waals surface area contributed by atoms with E-state index in [1.54, 1.807) is 30.3 Å². The molecule has 0 unspecified atom stereocenters. The molecule has 5 rings (SSSR count). The number of carbonyl (C=O) groups excluding carboxylic acids is 2. The third kappa shape index (κ3) is 8.18. The Morgan fingerprint density at radius 1 is 0.909 bits per heavy atom. The second kappa shape index (κ2) is 14.1. The summed E-state index contributed by atoms with van der Waals surface area (Å²) in [5.74, 6) is -0.199. The van der Waals surface area contributed by atoms with Crippen molar-refractivity contribution < 1.29 is 14.3 Å². The van der Waals surface area contributed by atoms with Gasteiger partial charge in [-0.25, -0.2) is 10.4 Å². The summed E-state index contributed by atoms with van der Waals surface area (Å²) in [6.45, 7) is 5.88. The van der Waals surface area contributed by atoms with Crippen molar-refractivity contribution in [2.75, 3.05) is 17.2 Å². The molecule has 0 aliphatic rings. The molecule has 0 aliphatic heterocycles. The first-order valence-electron chi connectivity index (χ1n) is 13.8. The molecular formula is C34H30BrN5O3S. The second-order valence-electron chi connectivity index (χ2n) is 10.1. The van der Waals surface area contributed by atoms with Gasteiger partial charge in [-0.2, -0.15) is 5.10 Å². The first-order chi connectivity index (χ1) is 21.2. The number of thiazole rings is 1. The molecule has 0 atom stereocenters. The van der Waals surface area contributed by atoms with Crippen LogP contribution in [0.3, 0.4) is 0 Å². The van der Waals surface area contributed by atoms with Crippen LogP contribution < -0.4 is 20.8 Å². The third-order valence-electron chi connectivity index (χ3n) is 6.74. The Morgan fingerprint density at radius 2 is 1.66 bits per heavy atom. The molecule has 44 heavy (non-hydrogen) atoms. The lowest BCUT2D eigenvalue weighted by atomic mass is 10.1. The van der Waals surface area contributed by atoms with Crippen molar-refractivity contribution in [1.29, 1.82) is 0 Å². The molecule has 0 spiro atoms. The molecule has 0 bridgehead atoms. The maximum atomic E-state index is 12.8. The number of hydrogen-bond acceptors (Lipinski definition) is 7. The summed E-state index contributed by atoms with van der Waals surface area (Å²) in [7, 11) is 0. The number of benzene rings is 4. The predicted octanol–water partition coefficient (Wildman–Crippen LogP) is 8.02. The fraction of sp³-hybridized carbons (Fsp3) is 0.118. The van der Waals surface area contributed by atoms with E-state index in [9.17, 15) is 9.59 Å². The van der Waals surface area contributed by atoms with E-state index in [1.165, 1.54) is 23.1 Å². The predicted molar refractivity (Wildman–Crippen MR) is 181 cm³/mol. The van der Waals surface area contributed by atoms with Crippen molar-refractivity contribution in [3.05, 3.63) is 123 Å². The number of nitrogens with one attached hydrogen (secondary N) is 3. The summed E-state index contributed by atoms with van der Waals surface area (Å²) >= 11 is 4.96. The molecule has 2 amide bonds. The van der Waals surface area contributed by atoms with Gasteiger partial charge in [0.05, 0.1) is 11.9 Å². The summed E-state index contributed by atoms with van der Waals surface area (Å²) in [6.07, 6.45) is 1.48.